The minimum absolute atomic E-state index is 0.139. The smallest absolute Gasteiger partial charge is 0.303 e. The molecule has 15 heavy (non-hydrogen) atoms. The van der Waals surface area contributed by atoms with Crippen molar-refractivity contribution in [2.45, 2.75) is 25.4 Å². The number of rotatable bonds is 3. The third-order valence-electron chi connectivity index (χ3n) is 2.21. The van der Waals surface area contributed by atoms with E-state index in [1.165, 1.54) is 12.1 Å². The lowest BCUT2D eigenvalue weighted by atomic mass is 9.95. The van der Waals surface area contributed by atoms with Crippen molar-refractivity contribution in [2.75, 3.05) is 0 Å². The maximum atomic E-state index is 12.5. The maximum Gasteiger partial charge on any atom is 0.396 e. The van der Waals surface area contributed by atoms with Crippen LogP contribution in [0.5, 0.6) is 0 Å². The Balaban J connectivity index is 2.99. The topological polar surface area (TPSA) is 17.1 Å². The molecule has 0 aliphatic heterocycles. The highest BCUT2D eigenvalue weighted by Crippen LogP contribution is 2.36. The Morgan fingerprint density at radius 3 is 2.20 bits per heavy atom. The first-order valence-electron chi connectivity index (χ1n) is 4.52. The van der Waals surface area contributed by atoms with Gasteiger partial charge in [-0.15, -0.1) is 0 Å². The summed E-state index contributed by atoms with van der Waals surface area (Å²) in [6.45, 7) is 1.80. The summed E-state index contributed by atoms with van der Waals surface area (Å²) in [5, 5.41) is 0. The van der Waals surface area contributed by atoms with Gasteiger partial charge in [-0.1, -0.05) is 29.8 Å². The van der Waals surface area contributed by atoms with Gasteiger partial charge in [-0.2, -0.15) is 13.2 Å². The number of alkyl halides is 3. The highest BCUT2D eigenvalue weighted by Gasteiger charge is 2.40. The summed E-state index contributed by atoms with van der Waals surface area (Å²) in [6, 6.07) is 6.05. The number of hydrogen-bond acceptors (Lipinski definition) is 1. The van der Waals surface area contributed by atoms with E-state index in [-0.39, 0.29) is 5.56 Å². The molecule has 0 radical (unpaired) electrons. The van der Waals surface area contributed by atoms with Gasteiger partial charge in [0, 0.05) is 6.42 Å². The van der Waals surface area contributed by atoms with E-state index in [0.717, 1.165) is 5.56 Å². The van der Waals surface area contributed by atoms with E-state index in [1.807, 2.05) is 0 Å². The molecule has 0 saturated carbocycles. The molecular weight excluding hydrogens is 205 g/mol. The van der Waals surface area contributed by atoms with Crippen LogP contribution in [-0.4, -0.2) is 12.5 Å². The van der Waals surface area contributed by atoms with Gasteiger partial charge in [0.1, 0.15) is 6.29 Å². The molecule has 0 saturated heterocycles. The summed E-state index contributed by atoms with van der Waals surface area (Å²) >= 11 is 0. The molecule has 1 unspecified atom stereocenters. The molecule has 0 spiro atoms. The van der Waals surface area contributed by atoms with Crippen molar-refractivity contribution >= 4 is 6.29 Å². The molecule has 0 heterocycles. The predicted molar refractivity (Wildman–Crippen MR) is 50.7 cm³/mol. The lowest BCUT2D eigenvalue weighted by molar-refractivity contribution is -0.154. The summed E-state index contributed by atoms with van der Waals surface area (Å²) in [5.74, 6) is -1.68. The molecule has 82 valence electrons. The van der Waals surface area contributed by atoms with Crippen molar-refractivity contribution < 1.29 is 18.0 Å². The average Bonchev–Trinajstić information content (AvgIpc) is 2.14. The fraction of sp³-hybridized carbons (Fsp3) is 0.364. The van der Waals surface area contributed by atoms with E-state index >= 15 is 0 Å². The molecule has 0 fully saturated rings. The molecule has 0 aliphatic carbocycles. The second-order valence-electron chi connectivity index (χ2n) is 3.41. The summed E-state index contributed by atoms with van der Waals surface area (Å²) in [5.41, 5.74) is 1.03. The monoisotopic (exact) mass is 216 g/mol. The van der Waals surface area contributed by atoms with Crippen molar-refractivity contribution in [3.63, 3.8) is 0 Å². The lowest BCUT2D eigenvalue weighted by Gasteiger charge is -2.18. The minimum atomic E-state index is -4.36. The number of benzene rings is 1. The van der Waals surface area contributed by atoms with Crippen molar-refractivity contribution in [3.8, 4) is 0 Å². The van der Waals surface area contributed by atoms with Gasteiger partial charge in [-0.05, 0) is 12.5 Å². The average molecular weight is 216 g/mol. The number of carbonyl (C=O) groups excluding carboxylic acids is 1. The lowest BCUT2D eigenvalue weighted by Crippen LogP contribution is -2.21. The predicted octanol–water partition coefficient (Wildman–Crippen LogP) is 3.23. The number of aldehydes is 1. The Bertz CT molecular complexity index is 327. The van der Waals surface area contributed by atoms with Crippen molar-refractivity contribution in [1.82, 2.24) is 0 Å². The fourth-order valence-corrected chi connectivity index (χ4v) is 1.35. The summed E-state index contributed by atoms with van der Waals surface area (Å²) in [6.07, 6.45) is -4.58. The first kappa shape index (κ1) is 11.8. The molecular formula is C11H11F3O. The van der Waals surface area contributed by atoms with Crippen LogP contribution in [0.1, 0.15) is 23.5 Å². The second kappa shape index (κ2) is 4.47. The SMILES string of the molecule is Cc1ccc(C(CC=O)C(F)(F)F)cc1. The van der Waals surface area contributed by atoms with E-state index in [1.54, 1.807) is 19.1 Å². The Morgan fingerprint density at radius 1 is 1.27 bits per heavy atom. The van der Waals surface area contributed by atoms with E-state index in [9.17, 15) is 18.0 Å². The van der Waals surface area contributed by atoms with Crippen molar-refractivity contribution in [1.29, 1.82) is 0 Å². The van der Waals surface area contributed by atoms with E-state index in [0.29, 0.717) is 6.29 Å². The molecule has 1 atom stereocenters. The van der Waals surface area contributed by atoms with Crippen LogP contribution in [0.15, 0.2) is 24.3 Å². The molecule has 0 amide bonds. The van der Waals surface area contributed by atoms with Crippen LogP contribution in [0.4, 0.5) is 13.2 Å². The molecule has 0 N–H and O–H groups in total. The summed E-state index contributed by atoms with van der Waals surface area (Å²) in [7, 11) is 0. The Kier molecular flexibility index (Phi) is 3.50. The normalized spacial score (nSPS) is 13.6. The second-order valence-corrected chi connectivity index (χ2v) is 3.41. The van der Waals surface area contributed by atoms with Crippen molar-refractivity contribution in [2.24, 2.45) is 0 Å². The number of hydrogen-bond donors (Lipinski definition) is 0. The third-order valence-corrected chi connectivity index (χ3v) is 2.21. The summed E-state index contributed by atoms with van der Waals surface area (Å²) < 4.78 is 37.6. The highest BCUT2D eigenvalue weighted by atomic mass is 19.4. The zero-order valence-corrected chi connectivity index (χ0v) is 8.21. The van der Waals surface area contributed by atoms with Crippen LogP contribution in [0.25, 0.3) is 0 Å². The molecule has 1 aromatic carbocycles. The molecule has 0 aliphatic rings. The molecule has 0 bridgehead atoms. The fourth-order valence-electron chi connectivity index (χ4n) is 1.35. The largest absolute Gasteiger partial charge is 0.396 e. The Labute approximate surface area is 85.9 Å². The minimum Gasteiger partial charge on any atom is -0.303 e. The molecule has 0 aromatic heterocycles. The molecule has 1 rings (SSSR count). The zero-order valence-electron chi connectivity index (χ0n) is 8.21. The van der Waals surface area contributed by atoms with Gasteiger partial charge in [-0.25, -0.2) is 0 Å². The summed E-state index contributed by atoms with van der Waals surface area (Å²) in [4.78, 5) is 10.2. The zero-order chi connectivity index (χ0) is 11.5. The number of halogens is 3. The third kappa shape index (κ3) is 3.08. The standard InChI is InChI=1S/C11H11F3O/c1-8-2-4-9(5-3-8)10(6-7-15)11(12,13)14/h2-5,7,10H,6H2,1H3. The Hall–Kier alpha value is -1.32. The van der Waals surface area contributed by atoms with E-state index in [2.05, 4.69) is 0 Å². The maximum absolute atomic E-state index is 12.5. The van der Waals surface area contributed by atoms with Gasteiger partial charge in [0.25, 0.3) is 0 Å². The van der Waals surface area contributed by atoms with Crippen LogP contribution < -0.4 is 0 Å². The van der Waals surface area contributed by atoms with Crippen LogP contribution in [0, 0.1) is 6.92 Å². The van der Waals surface area contributed by atoms with Gasteiger partial charge in [0.15, 0.2) is 0 Å². The van der Waals surface area contributed by atoms with E-state index in [4.69, 9.17) is 0 Å². The van der Waals surface area contributed by atoms with Gasteiger partial charge in [0.05, 0.1) is 5.92 Å². The van der Waals surface area contributed by atoms with Gasteiger partial charge in [0.2, 0.25) is 0 Å². The number of carbonyl (C=O) groups is 1. The van der Waals surface area contributed by atoms with Gasteiger partial charge >= 0.3 is 6.18 Å². The quantitative estimate of drug-likeness (QED) is 0.709. The first-order valence-corrected chi connectivity index (χ1v) is 4.52. The molecule has 4 heteroatoms. The molecule has 1 nitrogen and oxygen atoms in total. The van der Waals surface area contributed by atoms with Crippen LogP contribution >= 0.6 is 0 Å². The first-order chi connectivity index (χ1) is 6.95. The number of aryl methyl sites for hydroxylation is 1. The molecule has 1 aromatic rings. The Morgan fingerprint density at radius 2 is 1.80 bits per heavy atom. The van der Waals surface area contributed by atoms with Crippen LogP contribution in [-0.2, 0) is 4.79 Å². The van der Waals surface area contributed by atoms with Crippen molar-refractivity contribution in [3.05, 3.63) is 35.4 Å². The highest BCUT2D eigenvalue weighted by molar-refractivity contribution is 5.52. The van der Waals surface area contributed by atoms with Crippen LogP contribution in [0.2, 0.25) is 0 Å². The van der Waals surface area contributed by atoms with Gasteiger partial charge < -0.3 is 4.79 Å². The van der Waals surface area contributed by atoms with Crippen LogP contribution in [0.3, 0.4) is 0 Å². The van der Waals surface area contributed by atoms with Gasteiger partial charge in [-0.3, -0.25) is 0 Å². The van der Waals surface area contributed by atoms with E-state index < -0.39 is 18.5 Å².